The molecular formula is C10H13N5O. The average Bonchev–Trinajstić information content (AvgIpc) is 2.27. The first-order valence-corrected chi connectivity index (χ1v) is 4.96. The van der Waals surface area contributed by atoms with Gasteiger partial charge in [-0.3, -0.25) is 0 Å². The molecule has 0 bridgehead atoms. The molecule has 3 N–H and O–H groups in total. The number of ether oxygens (including phenoxy) is 1. The predicted molar refractivity (Wildman–Crippen MR) is 60.9 cm³/mol. The monoisotopic (exact) mass is 219 g/mol. The van der Waals surface area contributed by atoms with Crippen molar-refractivity contribution in [3.63, 3.8) is 0 Å². The molecule has 6 nitrogen and oxygen atoms in total. The van der Waals surface area contributed by atoms with Crippen LogP contribution in [0.3, 0.4) is 0 Å². The highest BCUT2D eigenvalue weighted by molar-refractivity contribution is 5.73. The Morgan fingerprint density at radius 3 is 2.88 bits per heavy atom. The number of hydrazine groups is 1. The highest BCUT2D eigenvalue weighted by atomic mass is 16.5. The lowest BCUT2D eigenvalue weighted by atomic mass is 10.4. The third-order valence-electron chi connectivity index (χ3n) is 1.89. The molecule has 0 atom stereocenters. The molecule has 2 aromatic heterocycles. The van der Waals surface area contributed by atoms with Crippen molar-refractivity contribution < 1.29 is 4.74 Å². The van der Waals surface area contributed by atoms with Crippen LogP contribution in [0.1, 0.15) is 13.8 Å². The minimum Gasteiger partial charge on any atom is -0.472 e. The smallest absolute Gasteiger partial charge is 0.261 e. The lowest BCUT2D eigenvalue weighted by Crippen LogP contribution is -2.15. The lowest BCUT2D eigenvalue weighted by Gasteiger charge is -2.12. The zero-order valence-corrected chi connectivity index (χ0v) is 9.14. The van der Waals surface area contributed by atoms with Gasteiger partial charge in [-0.2, -0.15) is 4.98 Å². The van der Waals surface area contributed by atoms with Crippen LogP contribution in [0.15, 0.2) is 18.3 Å². The van der Waals surface area contributed by atoms with Gasteiger partial charge in [-0.05, 0) is 26.0 Å². The molecule has 0 aliphatic carbocycles. The summed E-state index contributed by atoms with van der Waals surface area (Å²) in [5.74, 6) is 6.14. The number of hydrogen-bond donors (Lipinski definition) is 2. The molecule has 6 heteroatoms. The minimum absolute atomic E-state index is 0.00237. The Morgan fingerprint density at radius 1 is 1.38 bits per heavy atom. The van der Waals surface area contributed by atoms with E-state index >= 15 is 0 Å². The van der Waals surface area contributed by atoms with Gasteiger partial charge in [0.2, 0.25) is 5.82 Å². The van der Waals surface area contributed by atoms with Crippen molar-refractivity contribution in [2.45, 2.75) is 20.0 Å². The summed E-state index contributed by atoms with van der Waals surface area (Å²) in [4.78, 5) is 12.6. The lowest BCUT2D eigenvalue weighted by molar-refractivity contribution is 0.234. The highest BCUT2D eigenvalue weighted by Gasteiger charge is 2.10. The Kier molecular flexibility index (Phi) is 2.82. The largest absolute Gasteiger partial charge is 0.472 e. The zero-order chi connectivity index (χ0) is 11.5. The summed E-state index contributed by atoms with van der Waals surface area (Å²) < 4.78 is 5.49. The summed E-state index contributed by atoms with van der Waals surface area (Å²) in [5, 5.41) is 0. The Bertz CT molecular complexity index is 500. The number of nitrogen functional groups attached to an aromatic ring is 1. The van der Waals surface area contributed by atoms with Gasteiger partial charge in [0.15, 0.2) is 5.65 Å². The Morgan fingerprint density at radius 2 is 2.19 bits per heavy atom. The summed E-state index contributed by atoms with van der Waals surface area (Å²) in [6.45, 7) is 3.81. The number of fused-ring (bicyclic) bond motifs is 1. The molecule has 0 aromatic carbocycles. The fourth-order valence-electron chi connectivity index (χ4n) is 1.28. The summed E-state index contributed by atoms with van der Waals surface area (Å²) in [7, 11) is 0. The SMILES string of the molecule is CC(C)Oc1nc2ncccc2nc1NN. The van der Waals surface area contributed by atoms with E-state index in [1.165, 1.54) is 0 Å². The fraction of sp³-hybridized carbons (Fsp3) is 0.300. The Hall–Kier alpha value is -1.95. The van der Waals surface area contributed by atoms with Crippen LogP contribution < -0.4 is 16.0 Å². The molecule has 2 aromatic rings. The van der Waals surface area contributed by atoms with Gasteiger partial charge in [0.25, 0.3) is 5.88 Å². The second kappa shape index (κ2) is 4.28. The molecule has 0 fully saturated rings. The second-order valence-corrected chi connectivity index (χ2v) is 3.53. The Labute approximate surface area is 92.8 Å². The predicted octanol–water partition coefficient (Wildman–Crippen LogP) is 1.10. The third kappa shape index (κ3) is 2.01. The van der Waals surface area contributed by atoms with E-state index in [0.717, 1.165) is 0 Å². The molecule has 0 aliphatic heterocycles. The number of nitrogens with two attached hydrogens (primary N) is 1. The van der Waals surface area contributed by atoms with Crippen molar-refractivity contribution in [3.05, 3.63) is 18.3 Å². The van der Waals surface area contributed by atoms with Crippen molar-refractivity contribution in [1.82, 2.24) is 15.0 Å². The van der Waals surface area contributed by atoms with Crippen LogP contribution in [0.2, 0.25) is 0 Å². The number of hydrogen-bond acceptors (Lipinski definition) is 6. The second-order valence-electron chi connectivity index (χ2n) is 3.53. The summed E-state index contributed by atoms with van der Waals surface area (Å²) in [6.07, 6.45) is 1.66. The van der Waals surface area contributed by atoms with Crippen molar-refractivity contribution in [3.8, 4) is 5.88 Å². The van der Waals surface area contributed by atoms with E-state index in [0.29, 0.717) is 22.9 Å². The minimum atomic E-state index is 0.00237. The van der Waals surface area contributed by atoms with Crippen LogP contribution in [0.25, 0.3) is 11.2 Å². The third-order valence-corrected chi connectivity index (χ3v) is 1.89. The van der Waals surface area contributed by atoms with Crippen LogP contribution in [0.4, 0.5) is 5.82 Å². The maximum Gasteiger partial charge on any atom is 0.261 e. The van der Waals surface area contributed by atoms with Gasteiger partial charge in [-0.1, -0.05) is 0 Å². The maximum atomic E-state index is 5.49. The number of pyridine rings is 1. The molecule has 0 unspecified atom stereocenters. The summed E-state index contributed by atoms with van der Waals surface area (Å²) in [6, 6.07) is 3.61. The van der Waals surface area contributed by atoms with Crippen molar-refractivity contribution in [1.29, 1.82) is 0 Å². The topological polar surface area (TPSA) is 86.0 Å². The molecule has 16 heavy (non-hydrogen) atoms. The first kappa shape index (κ1) is 10.6. The maximum absolute atomic E-state index is 5.49. The molecule has 2 heterocycles. The molecule has 0 spiro atoms. The van der Waals surface area contributed by atoms with Gasteiger partial charge in [0.1, 0.15) is 5.52 Å². The van der Waals surface area contributed by atoms with E-state index in [1.807, 2.05) is 19.9 Å². The first-order valence-electron chi connectivity index (χ1n) is 4.96. The normalized spacial score (nSPS) is 10.8. The molecule has 0 aliphatic rings. The Balaban J connectivity index is 2.53. The quantitative estimate of drug-likeness (QED) is 0.593. The molecule has 0 radical (unpaired) electrons. The van der Waals surface area contributed by atoms with Crippen molar-refractivity contribution >= 4 is 17.0 Å². The van der Waals surface area contributed by atoms with Gasteiger partial charge in [0.05, 0.1) is 6.10 Å². The van der Waals surface area contributed by atoms with E-state index in [-0.39, 0.29) is 6.10 Å². The summed E-state index contributed by atoms with van der Waals surface area (Å²) >= 11 is 0. The van der Waals surface area contributed by atoms with Crippen LogP contribution in [0.5, 0.6) is 5.88 Å². The van der Waals surface area contributed by atoms with Crippen molar-refractivity contribution in [2.75, 3.05) is 5.43 Å². The number of aromatic nitrogens is 3. The standard InChI is InChI=1S/C10H13N5O/c1-6(2)16-10-9(15-11)13-7-4-3-5-12-8(7)14-10/h3-6H,11H2,1-2H3,(H,13,15). The van der Waals surface area contributed by atoms with Gasteiger partial charge in [-0.25, -0.2) is 15.8 Å². The number of nitrogens with one attached hydrogen (secondary N) is 1. The van der Waals surface area contributed by atoms with Gasteiger partial charge in [0, 0.05) is 6.20 Å². The van der Waals surface area contributed by atoms with Crippen LogP contribution in [-0.4, -0.2) is 21.1 Å². The van der Waals surface area contributed by atoms with Gasteiger partial charge in [-0.15, -0.1) is 0 Å². The number of rotatable bonds is 3. The molecule has 2 rings (SSSR count). The highest BCUT2D eigenvalue weighted by Crippen LogP contribution is 2.22. The average molecular weight is 219 g/mol. The first-order chi connectivity index (χ1) is 7.70. The molecular weight excluding hydrogens is 206 g/mol. The van der Waals surface area contributed by atoms with E-state index < -0.39 is 0 Å². The van der Waals surface area contributed by atoms with Gasteiger partial charge < -0.3 is 10.2 Å². The number of anilines is 1. The fourth-order valence-corrected chi connectivity index (χ4v) is 1.28. The number of nitrogens with zero attached hydrogens (tertiary/aromatic N) is 3. The summed E-state index contributed by atoms with van der Waals surface area (Å²) in [5.41, 5.74) is 3.68. The van der Waals surface area contributed by atoms with E-state index in [9.17, 15) is 0 Å². The zero-order valence-electron chi connectivity index (χ0n) is 9.14. The molecule has 0 amide bonds. The molecule has 0 saturated heterocycles. The van der Waals surface area contributed by atoms with E-state index in [1.54, 1.807) is 12.3 Å². The van der Waals surface area contributed by atoms with Crippen molar-refractivity contribution in [2.24, 2.45) is 5.84 Å². The molecule has 84 valence electrons. The van der Waals surface area contributed by atoms with Crippen LogP contribution in [0, 0.1) is 0 Å². The molecule has 0 saturated carbocycles. The van der Waals surface area contributed by atoms with Crippen LogP contribution >= 0.6 is 0 Å². The van der Waals surface area contributed by atoms with E-state index in [2.05, 4.69) is 20.4 Å². The van der Waals surface area contributed by atoms with E-state index in [4.69, 9.17) is 10.6 Å². The van der Waals surface area contributed by atoms with Gasteiger partial charge >= 0.3 is 0 Å². The van der Waals surface area contributed by atoms with Crippen LogP contribution in [-0.2, 0) is 0 Å².